The van der Waals surface area contributed by atoms with Crippen LogP contribution in [-0.4, -0.2) is 46.1 Å². The highest BCUT2D eigenvalue weighted by molar-refractivity contribution is 6.20. The number of carbonyl (C=O) groups is 1. The molecule has 0 radical (unpaired) electrons. The number of benzene rings is 2. The minimum Gasteiger partial charge on any atom is -0.357 e. The molecule has 4 aromatic rings. The molecule has 6 heteroatoms. The molecule has 0 bridgehead atoms. The SMILES string of the molecule is CCc1cc2c(cc1-c1ccn(CCCN(C)C)n1)C(C)(C)c1[nH]c3cc(C#N)ccc3c1C2=O. The quantitative estimate of drug-likeness (QED) is 0.420. The predicted molar refractivity (Wildman–Crippen MR) is 139 cm³/mol. The van der Waals surface area contributed by atoms with Gasteiger partial charge in [0.15, 0.2) is 5.78 Å². The first-order chi connectivity index (χ1) is 16.7. The van der Waals surface area contributed by atoms with Gasteiger partial charge in [0, 0.05) is 45.9 Å². The van der Waals surface area contributed by atoms with Crippen LogP contribution in [0.15, 0.2) is 42.6 Å². The number of H-pyrrole nitrogens is 1. The monoisotopic (exact) mass is 465 g/mol. The van der Waals surface area contributed by atoms with Gasteiger partial charge in [0.1, 0.15) is 0 Å². The average molecular weight is 466 g/mol. The van der Waals surface area contributed by atoms with Gasteiger partial charge in [-0.25, -0.2) is 0 Å². The Labute approximate surface area is 206 Å². The van der Waals surface area contributed by atoms with Crippen molar-refractivity contribution in [1.29, 1.82) is 5.26 Å². The summed E-state index contributed by atoms with van der Waals surface area (Å²) in [6.45, 7) is 8.34. The van der Waals surface area contributed by atoms with Gasteiger partial charge in [-0.1, -0.05) is 26.8 Å². The van der Waals surface area contributed by atoms with Crippen molar-refractivity contribution >= 4 is 16.7 Å². The van der Waals surface area contributed by atoms with Crippen LogP contribution in [0.4, 0.5) is 0 Å². The summed E-state index contributed by atoms with van der Waals surface area (Å²) in [6, 6.07) is 14.0. The van der Waals surface area contributed by atoms with E-state index in [2.05, 4.69) is 69.0 Å². The maximum Gasteiger partial charge on any atom is 0.195 e. The Kier molecular flexibility index (Phi) is 5.61. The summed E-state index contributed by atoms with van der Waals surface area (Å²) in [4.78, 5) is 19.5. The second-order valence-electron chi connectivity index (χ2n) is 10.2. The van der Waals surface area contributed by atoms with E-state index < -0.39 is 5.41 Å². The third kappa shape index (κ3) is 3.77. The molecular formula is C29H31N5O. The smallest absolute Gasteiger partial charge is 0.195 e. The van der Waals surface area contributed by atoms with Crippen molar-refractivity contribution in [3.05, 3.63) is 76.1 Å². The zero-order valence-electron chi connectivity index (χ0n) is 21.1. The number of fused-ring (bicyclic) bond motifs is 4. The zero-order valence-corrected chi connectivity index (χ0v) is 21.1. The molecule has 0 aliphatic heterocycles. The van der Waals surface area contributed by atoms with Crippen LogP contribution >= 0.6 is 0 Å². The zero-order chi connectivity index (χ0) is 24.9. The highest BCUT2D eigenvalue weighted by Crippen LogP contribution is 2.45. The van der Waals surface area contributed by atoms with Gasteiger partial charge in [-0.05, 0) is 74.9 Å². The van der Waals surface area contributed by atoms with Crippen LogP contribution in [0.3, 0.4) is 0 Å². The molecule has 1 N–H and O–H groups in total. The van der Waals surface area contributed by atoms with Crippen LogP contribution < -0.4 is 0 Å². The van der Waals surface area contributed by atoms with Gasteiger partial charge in [0.05, 0.1) is 22.9 Å². The van der Waals surface area contributed by atoms with Gasteiger partial charge in [-0.15, -0.1) is 0 Å². The average Bonchev–Trinajstić information content (AvgIpc) is 3.46. The Morgan fingerprint density at radius 3 is 2.66 bits per heavy atom. The van der Waals surface area contributed by atoms with Crippen LogP contribution in [-0.2, 0) is 18.4 Å². The Morgan fingerprint density at radius 1 is 1.14 bits per heavy atom. The van der Waals surface area contributed by atoms with E-state index >= 15 is 0 Å². The fourth-order valence-electron chi connectivity index (χ4n) is 5.30. The molecule has 2 aromatic heterocycles. The molecule has 0 atom stereocenters. The van der Waals surface area contributed by atoms with E-state index in [0.29, 0.717) is 5.56 Å². The van der Waals surface area contributed by atoms with Crippen molar-refractivity contribution in [2.45, 2.75) is 45.6 Å². The molecule has 2 heterocycles. The Balaban J connectivity index is 1.61. The number of nitrogens with one attached hydrogen (secondary N) is 1. The summed E-state index contributed by atoms with van der Waals surface area (Å²) >= 11 is 0. The minimum absolute atomic E-state index is 0.0424. The maximum atomic E-state index is 13.8. The largest absolute Gasteiger partial charge is 0.357 e. The van der Waals surface area contributed by atoms with Crippen molar-refractivity contribution in [2.24, 2.45) is 0 Å². The lowest BCUT2D eigenvalue weighted by atomic mass is 9.70. The third-order valence-electron chi connectivity index (χ3n) is 7.23. The van der Waals surface area contributed by atoms with E-state index in [4.69, 9.17) is 5.10 Å². The molecule has 0 unspecified atom stereocenters. The van der Waals surface area contributed by atoms with Gasteiger partial charge in [0.25, 0.3) is 0 Å². The number of hydrogen-bond donors (Lipinski definition) is 1. The van der Waals surface area contributed by atoms with Crippen LogP contribution in [0.2, 0.25) is 0 Å². The van der Waals surface area contributed by atoms with E-state index in [-0.39, 0.29) is 5.78 Å². The molecule has 35 heavy (non-hydrogen) atoms. The lowest BCUT2D eigenvalue weighted by Crippen LogP contribution is -2.30. The normalized spacial score (nSPS) is 14.3. The number of aromatic amines is 1. The second-order valence-corrected chi connectivity index (χ2v) is 10.2. The molecule has 0 spiro atoms. The number of nitrogens with zero attached hydrogens (tertiary/aromatic N) is 4. The molecule has 178 valence electrons. The Bertz CT molecular complexity index is 1500. The number of aromatic nitrogens is 3. The number of hydrogen-bond acceptors (Lipinski definition) is 4. The lowest BCUT2D eigenvalue weighted by molar-refractivity contribution is 0.103. The van der Waals surface area contributed by atoms with Gasteiger partial charge < -0.3 is 9.88 Å². The summed E-state index contributed by atoms with van der Waals surface area (Å²) in [7, 11) is 4.17. The van der Waals surface area contributed by atoms with Crippen LogP contribution in [0.1, 0.15) is 65.5 Å². The van der Waals surface area contributed by atoms with E-state index in [1.54, 1.807) is 6.07 Å². The topological polar surface area (TPSA) is 77.7 Å². The summed E-state index contributed by atoms with van der Waals surface area (Å²) in [5.74, 6) is 0.0424. The third-order valence-corrected chi connectivity index (χ3v) is 7.23. The number of aryl methyl sites for hydroxylation is 2. The van der Waals surface area contributed by atoms with Crippen molar-refractivity contribution in [3.8, 4) is 17.3 Å². The summed E-state index contributed by atoms with van der Waals surface area (Å²) < 4.78 is 2.01. The van der Waals surface area contributed by atoms with E-state index in [9.17, 15) is 10.1 Å². The molecular weight excluding hydrogens is 434 g/mol. The Hall–Kier alpha value is -3.69. The number of ketones is 1. The number of nitriles is 1. The van der Waals surface area contributed by atoms with Crippen LogP contribution in [0, 0.1) is 11.3 Å². The van der Waals surface area contributed by atoms with Crippen molar-refractivity contribution < 1.29 is 4.79 Å². The van der Waals surface area contributed by atoms with Crippen LogP contribution in [0.5, 0.6) is 0 Å². The second kappa shape index (κ2) is 8.51. The molecule has 1 aliphatic rings. The first-order valence-corrected chi connectivity index (χ1v) is 12.2. The Morgan fingerprint density at radius 2 is 1.94 bits per heavy atom. The summed E-state index contributed by atoms with van der Waals surface area (Å²) in [5.41, 5.74) is 7.57. The molecule has 0 saturated heterocycles. The molecule has 0 fully saturated rings. The van der Waals surface area contributed by atoms with Gasteiger partial charge in [-0.2, -0.15) is 10.4 Å². The van der Waals surface area contributed by atoms with Gasteiger partial charge in [-0.3, -0.25) is 9.48 Å². The first kappa shape index (κ1) is 23.1. The predicted octanol–water partition coefficient (Wildman–Crippen LogP) is 5.29. The number of rotatable bonds is 6. The standard InChI is InChI=1S/C29H31N5O/c1-6-19-15-22-23(16-21(19)24-10-13-34(32-24)12-7-11-33(4)5)29(2,3)28-26(27(22)35)20-9-8-18(17-30)14-25(20)31-28/h8-10,13-16,31H,6-7,11-12H2,1-5H3. The minimum atomic E-state index is -0.403. The fourth-order valence-corrected chi connectivity index (χ4v) is 5.30. The molecule has 5 rings (SSSR count). The van der Waals surface area contributed by atoms with Crippen molar-refractivity contribution in [1.82, 2.24) is 19.7 Å². The first-order valence-electron chi connectivity index (χ1n) is 12.2. The highest BCUT2D eigenvalue weighted by atomic mass is 16.1. The molecule has 6 nitrogen and oxygen atoms in total. The van der Waals surface area contributed by atoms with Crippen molar-refractivity contribution in [2.75, 3.05) is 20.6 Å². The lowest BCUT2D eigenvalue weighted by Gasteiger charge is -2.33. The molecule has 0 saturated carbocycles. The molecule has 1 aliphatic carbocycles. The van der Waals surface area contributed by atoms with Crippen molar-refractivity contribution in [3.63, 3.8) is 0 Å². The summed E-state index contributed by atoms with van der Waals surface area (Å²) in [6.07, 6.45) is 3.90. The van der Waals surface area contributed by atoms with Gasteiger partial charge >= 0.3 is 0 Å². The summed E-state index contributed by atoms with van der Waals surface area (Å²) in [5, 5.41) is 15.1. The van der Waals surface area contributed by atoms with E-state index in [1.807, 2.05) is 23.0 Å². The molecule has 0 amide bonds. The van der Waals surface area contributed by atoms with Gasteiger partial charge in [0.2, 0.25) is 0 Å². The van der Waals surface area contributed by atoms with E-state index in [1.165, 1.54) is 0 Å². The van der Waals surface area contributed by atoms with Crippen LogP contribution in [0.25, 0.3) is 22.2 Å². The molecule has 2 aromatic carbocycles. The number of carbonyl (C=O) groups excluding carboxylic acids is 1. The van der Waals surface area contributed by atoms with E-state index in [0.717, 1.165) is 76.0 Å². The fraction of sp³-hybridized carbons (Fsp3) is 0.345. The maximum absolute atomic E-state index is 13.8. The highest BCUT2D eigenvalue weighted by Gasteiger charge is 2.40.